The zero-order chi connectivity index (χ0) is 18.1. The molecule has 3 heterocycles. The molecule has 0 radical (unpaired) electrons. The number of imidazole rings is 1. The number of aromatic nitrogens is 4. The summed E-state index contributed by atoms with van der Waals surface area (Å²) in [5, 5.41) is 32.0. The lowest BCUT2D eigenvalue weighted by atomic mass is 10.1. The van der Waals surface area contributed by atoms with Crippen molar-refractivity contribution in [1.82, 2.24) is 19.5 Å². The molecule has 25 heavy (non-hydrogen) atoms. The summed E-state index contributed by atoms with van der Waals surface area (Å²) in [4.78, 5) is 34.9. The molecule has 0 aliphatic carbocycles. The van der Waals surface area contributed by atoms with Crippen LogP contribution in [-0.2, 0) is 4.74 Å². The van der Waals surface area contributed by atoms with Gasteiger partial charge in [0.05, 0.1) is 12.9 Å². The van der Waals surface area contributed by atoms with Crippen molar-refractivity contribution in [2.24, 2.45) is 0 Å². The summed E-state index contributed by atoms with van der Waals surface area (Å²) in [5.41, 5.74) is -1.71. The third kappa shape index (κ3) is 3.02. The fourth-order valence-electron chi connectivity index (χ4n) is 2.72. The summed E-state index contributed by atoms with van der Waals surface area (Å²) < 4.78 is 6.55. The molecule has 2 aromatic heterocycles. The van der Waals surface area contributed by atoms with Crippen LogP contribution >= 0.6 is 0 Å². The van der Waals surface area contributed by atoms with Gasteiger partial charge in [0.2, 0.25) is 5.95 Å². The molecule has 5 N–H and O–H groups in total. The normalized spacial score (nSPS) is 26.2. The van der Waals surface area contributed by atoms with E-state index >= 15 is 0 Å². The second-order valence-corrected chi connectivity index (χ2v) is 5.72. The number of nitrogens with one attached hydrogen (secondary N) is 2. The van der Waals surface area contributed by atoms with E-state index in [0.29, 0.717) is 6.54 Å². The molecule has 11 heteroatoms. The van der Waals surface area contributed by atoms with Gasteiger partial charge in [-0.15, -0.1) is 0 Å². The van der Waals surface area contributed by atoms with E-state index < -0.39 is 42.3 Å². The van der Waals surface area contributed by atoms with Gasteiger partial charge in [-0.1, -0.05) is 6.92 Å². The topological polar surface area (TPSA) is 163 Å². The number of anilines is 1. The minimum Gasteiger partial charge on any atom is -0.394 e. The molecule has 1 aliphatic rings. The van der Waals surface area contributed by atoms with E-state index in [4.69, 9.17) is 4.74 Å². The molecule has 0 spiro atoms. The second kappa shape index (κ2) is 6.88. The van der Waals surface area contributed by atoms with Gasteiger partial charge in [0.1, 0.15) is 23.8 Å². The first kappa shape index (κ1) is 17.5. The first-order valence-corrected chi connectivity index (χ1v) is 7.85. The Morgan fingerprint density at radius 2 is 2.12 bits per heavy atom. The van der Waals surface area contributed by atoms with Gasteiger partial charge in [-0.05, 0) is 6.42 Å². The predicted molar refractivity (Wildman–Crippen MR) is 86.2 cm³/mol. The van der Waals surface area contributed by atoms with Crippen molar-refractivity contribution in [3.05, 3.63) is 27.0 Å². The maximum Gasteiger partial charge on any atom is 0.301 e. The third-order valence-corrected chi connectivity index (χ3v) is 3.99. The van der Waals surface area contributed by atoms with Crippen molar-refractivity contribution in [2.75, 3.05) is 18.5 Å². The first-order valence-electron chi connectivity index (χ1n) is 7.85. The Morgan fingerprint density at radius 3 is 2.76 bits per heavy atom. The van der Waals surface area contributed by atoms with Crippen molar-refractivity contribution in [2.45, 2.75) is 37.9 Å². The number of hydrogen-bond donors (Lipinski definition) is 5. The lowest BCUT2D eigenvalue weighted by Crippen LogP contribution is -2.33. The average molecular weight is 353 g/mol. The van der Waals surface area contributed by atoms with Crippen LogP contribution in [0.2, 0.25) is 0 Å². The van der Waals surface area contributed by atoms with Crippen molar-refractivity contribution >= 4 is 17.0 Å². The van der Waals surface area contributed by atoms with Gasteiger partial charge in [-0.2, -0.15) is 4.98 Å². The van der Waals surface area contributed by atoms with Crippen LogP contribution in [0.4, 0.5) is 5.95 Å². The van der Waals surface area contributed by atoms with Crippen molar-refractivity contribution in [1.29, 1.82) is 0 Å². The highest BCUT2D eigenvalue weighted by Gasteiger charge is 2.44. The number of aliphatic hydroxyl groups excluding tert-OH is 3. The molecule has 2 aromatic rings. The number of rotatable bonds is 5. The fourth-order valence-corrected chi connectivity index (χ4v) is 2.72. The second-order valence-electron chi connectivity index (χ2n) is 5.72. The zero-order valence-corrected chi connectivity index (χ0v) is 13.4. The number of H-pyrrole nitrogens is 1. The van der Waals surface area contributed by atoms with Gasteiger partial charge in [0.25, 0.3) is 5.56 Å². The van der Waals surface area contributed by atoms with Gasteiger partial charge in [-0.3, -0.25) is 19.1 Å². The van der Waals surface area contributed by atoms with Gasteiger partial charge >= 0.3 is 5.56 Å². The molecule has 1 saturated heterocycles. The van der Waals surface area contributed by atoms with E-state index in [0.717, 1.165) is 17.3 Å². The lowest BCUT2D eigenvalue weighted by molar-refractivity contribution is -0.0509. The molecule has 11 nitrogen and oxygen atoms in total. The van der Waals surface area contributed by atoms with E-state index in [-0.39, 0.29) is 17.0 Å². The van der Waals surface area contributed by atoms with E-state index in [2.05, 4.69) is 20.3 Å². The van der Waals surface area contributed by atoms with E-state index in [9.17, 15) is 24.9 Å². The number of nitrogens with zero attached hydrogens (tertiary/aromatic N) is 3. The molecular weight excluding hydrogens is 334 g/mol. The summed E-state index contributed by atoms with van der Waals surface area (Å²) in [6.07, 6.45) is -3.01. The van der Waals surface area contributed by atoms with Crippen molar-refractivity contribution in [3.63, 3.8) is 0 Å². The largest absolute Gasteiger partial charge is 0.394 e. The Balaban J connectivity index is 2.13. The van der Waals surface area contributed by atoms with Gasteiger partial charge < -0.3 is 25.4 Å². The highest BCUT2D eigenvalue weighted by atomic mass is 16.6. The molecular formula is C14H19N5O6. The van der Waals surface area contributed by atoms with Gasteiger partial charge in [-0.25, -0.2) is 4.98 Å². The number of ether oxygens (including phenoxy) is 1. The fraction of sp³-hybridized carbons (Fsp3) is 0.571. The molecule has 0 bridgehead atoms. The van der Waals surface area contributed by atoms with Crippen LogP contribution < -0.4 is 16.4 Å². The smallest absolute Gasteiger partial charge is 0.301 e. The minimum atomic E-state index is -1.40. The third-order valence-electron chi connectivity index (χ3n) is 3.99. The van der Waals surface area contributed by atoms with Crippen LogP contribution in [-0.4, -0.2) is 66.3 Å². The molecule has 4 atom stereocenters. The number of aromatic amines is 1. The van der Waals surface area contributed by atoms with E-state index in [1.165, 1.54) is 0 Å². The molecule has 1 aliphatic heterocycles. The van der Waals surface area contributed by atoms with E-state index in [1.807, 2.05) is 6.92 Å². The van der Waals surface area contributed by atoms with Crippen LogP contribution in [0.3, 0.4) is 0 Å². The Kier molecular flexibility index (Phi) is 4.81. The summed E-state index contributed by atoms with van der Waals surface area (Å²) in [6, 6.07) is 0. The lowest BCUT2D eigenvalue weighted by Gasteiger charge is -2.16. The van der Waals surface area contributed by atoms with Crippen LogP contribution in [0.1, 0.15) is 19.6 Å². The quantitative estimate of drug-likeness (QED) is 0.406. The van der Waals surface area contributed by atoms with Crippen molar-refractivity contribution in [3.8, 4) is 0 Å². The van der Waals surface area contributed by atoms with Crippen LogP contribution in [0.5, 0.6) is 0 Å². The summed E-state index contributed by atoms with van der Waals surface area (Å²) in [5.74, 6) is 0.0163. The first-order chi connectivity index (χ1) is 12.0. The zero-order valence-electron chi connectivity index (χ0n) is 13.4. The van der Waals surface area contributed by atoms with Gasteiger partial charge in [0.15, 0.2) is 11.7 Å². The Hall–Kier alpha value is -2.34. The number of aliphatic hydroxyl groups is 3. The molecule has 1 fully saturated rings. The van der Waals surface area contributed by atoms with Crippen molar-refractivity contribution < 1.29 is 20.1 Å². The summed E-state index contributed by atoms with van der Waals surface area (Å²) >= 11 is 0. The van der Waals surface area contributed by atoms with Crippen LogP contribution in [0, 0.1) is 0 Å². The number of fused-ring (bicyclic) bond motifs is 1. The van der Waals surface area contributed by atoms with Crippen LogP contribution in [0.25, 0.3) is 11.0 Å². The summed E-state index contributed by atoms with van der Waals surface area (Å²) in [7, 11) is 0. The Labute approximate surface area is 140 Å². The SMILES string of the molecule is CCCNc1nc(=O)c2ncn([C@@H]3O[C@H](CO)[C@@H](O)[C@H]3O)c2c(=O)[nH]1. The van der Waals surface area contributed by atoms with Gasteiger partial charge in [0, 0.05) is 6.54 Å². The Morgan fingerprint density at radius 1 is 1.36 bits per heavy atom. The predicted octanol–water partition coefficient (Wildman–Crippen LogP) is -2.09. The minimum absolute atomic E-state index is 0.0163. The highest BCUT2D eigenvalue weighted by Crippen LogP contribution is 2.30. The molecule has 0 saturated carbocycles. The molecule has 3 rings (SSSR count). The highest BCUT2D eigenvalue weighted by molar-refractivity contribution is 5.73. The molecule has 0 aromatic carbocycles. The van der Waals surface area contributed by atoms with Crippen LogP contribution in [0.15, 0.2) is 15.9 Å². The van der Waals surface area contributed by atoms with E-state index in [1.54, 1.807) is 0 Å². The molecule has 0 unspecified atom stereocenters. The molecule has 136 valence electrons. The monoisotopic (exact) mass is 353 g/mol. The standard InChI is InChI=1S/C14H19N5O6/c1-2-3-15-14-17-11(23)7-8(12(24)18-14)19(5-16-7)13-10(22)9(21)6(4-20)25-13/h5-6,9-10,13,20-22H,2-4H2,1H3,(H2,15,17,18,23,24)/t6-,9-,10-,13-/m1/s1. The Bertz CT molecular complexity index is 880. The molecule has 0 amide bonds. The average Bonchev–Trinajstić information content (AvgIpc) is 3.11. The number of hydrogen-bond acceptors (Lipinski definition) is 9. The maximum absolute atomic E-state index is 12.5. The maximum atomic E-state index is 12.5. The summed E-state index contributed by atoms with van der Waals surface area (Å²) in [6.45, 7) is 1.92.